The van der Waals surface area contributed by atoms with Gasteiger partial charge in [-0.3, -0.25) is 14.5 Å². The number of oxazole rings is 1. The largest absolute Gasteiger partial charge is 0.447 e. The number of amides is 2. The molecule has 2 fully saturated rings. The number of benzene rings is 2. The summed E-state index contributed by atoms with van der Waals surface area (Å²) in [7, 11) is 0. The van der Waals surface area contributed by atoms with Gasteiger partial charge >= 0.3 is 0 Å². The predicted octanol–water partition coefficient (Wildman–Crippen LogP) is 3.29. The second-order valence-corrected chi connectivity index (χ2v) is 9.55. The van der Waals surface area contributed by atoms with Gasteiger partial charge in [-0.05, 0) is 35.4 Å². The average molecular weight is 525 g/mol. The Kier molecular flexibility index (Phi) is 8.09. The molecule has 10 heteroatoms. The number of carbonyl (C=O) groups excluding carboxylic acids is 2. The van der Waals surface area contributed by atoms with Crippen LogP contribution < -0.4 is 0 Å². The third-order valence-electron chi connectivity index (χ3n) is 7.06. The van der Waals surface area contributed by atoms with Gasteiger partial charge in [0.15, 0.2) is 5.69 Å². The van der Waals surface area contributed by atoms with Gasteiger partial charge < -0.3 is 19.0 Å². The molecule has 0 bridgehead atoms. The summed E-state index contributed by atoms with van der Waals surface area (Å²) in [5, 5.41) is 0. The molecule has 0 spiro atoms. The van der Waals surface area contributed by atoms with Crippen molar-refractivity contribution in [2.75, 3.05) is 52.5 Å². The third-order valence-corrected chi connectivity index (χ3v) is 7.06. The van der Waals surface area contributed by atoms with Crippen LogP contribution in [0, 0.1) is 11.6 Å². The van der Waals surface area contributed by atoms with Crippen LogP contribution in [0.3, 0.4) is 0 Å². The number of hydrogen-bond acceptors (Lipinski definition) is 6. The molecule has 1 atom stereocenters. The van der Waals surface area contributed by atoms with Gasteiger partial charge in [0.1, 0.15) is 17.9 Å². The molecule has 1 aromatic heterocycles. The molecular weight excluding hydrogens is 494 g/mol. The molecule has 0 aliphatic carbocycles. The zero-order chi connectivity index (χ0) is 26.5. The molecule has 0 N–H and O–H groups in total. The van der Waals surface area contributed by atoms with E-state index in [0.717, 1.165) is 5.56 Å². The fourth-order valence-electron chi connectivity index (χ4n) is 4.91. The van der Waals surface area contributed by atoms with Gasteiger partial charge in [0.2, 0.25) is 11.8 Å². The summed E-state index contributed by atoms with van der Waals surface area (Å²) in [4.78, 5) is 35.9. The molecule has 2 amide bonds. The van der Waals surface area contributed by atoms with Crippen molar-refractivity contribution in [3.05, 3.63) is 89.1 Å². The van der Waals surface area contributed by atoms with Gasteiger partial charge in [-0.15, -0.1) is 0 Å². The molecule has 38 heavy (non-hydrogen) atoms. The van der Waals surface area contributed by atoms with Crippen molar-refractivity contribution in [3.8, 4) is 0 Å². The Labute approximate surface area is 219 Å². The first kappa shape index (κ1) is 26.0. The molecule has 3 heterocycles. The predicted molar refractivity (Wildman–Crippen MR) is 134 cm³/mol. The lowest BCUT2D eigenvalue weighted by Crippen LogP contribution is -2.48. The lowest BCUT2D eigenvalue weighted by atomic mass is 9.88. The van der Waals surface area contributed by atoms with Gasteiger partial charge in [0.05, 0.1) is 19.8 Å². The van der Waals surface area contributed by atoms with Crippen LogP contribution in [0.25, 0.3) is 0 Å². The number of nitrogens with zero attached hydrogens (tertiary/aromatic N) is 4. The number of morpholine rings is 1. The van der Waals surface area contributed by atoms with E-state index in [4.69, 9.17) is 9.15 Å². The van der Waals surface area contributed by atoms with Crippen LogP contribution in [0.15, 0.2) is 59.2 Å². The van der Waals surface area contributed by atoms with E-state index in [1.165, 1.54) is 30.5 Å². The van der Waals surface area contributed by atoms with Crippen molar-refractivity contribution < 1.29 is 27.5 Å². The van der Waals surface area contributed by atoms with E-state index in [9.17, 15) is 18.4 Å². The molecule has 1 unspecified atom stereocenters. The van der Waals surface area contributed by atoms with Gasteiger partial charge in [-0.2, -0.15) is 0 Å². The summed E-state index contributed by atoms with van der Waals surface area (Å²) in [5.74, 6) is -0.865. The summed E-state index contributed by atoms with van der Waals surface area (Å²) < 4.78 is 38.3. The van der Waals surface area contributed by atoms with E-state index in [-0.39, 0.29) is 35.8 Å². The topological polar surface area (TPSA) is 79.1 Å². The van der Waals surface area contributed by atoms with E-state index >= 15 is 0 Å². The Hall–Kier alpha value is -3.63. The first-order chi connectivity index (χ1) is 18.5. The maximum absolute atomic E-state index is 14.0. The molecular formula is C28H30F2N4O4. The molecule has 5 rings (SSSR count). The Morgan fingerprint density at radius 1 is 0.868 bits per heavy atom. The van der Waals surface area contributed by atoms with Gasteiger partial charge in [0, 0.05) is 51.6 Å². The molecule has 0 saturated carbocycles. The maximum atomic E-state index is 14.0. The minimum atomic E-state index is -0.383. The maximum Gasteiger partial charge on any atom is 0.275 e. The van der Waals surface area contributed by atoms with Crippen LogP contribution in [0.5, 0.6) is 0 Å². The molecule has 0 radical (unpaired) electrons. The van der Waals surface area contributed by atoms with Crippen molar-refractivity contribution in [3.63, 3.8) is 0 Å². The molecule has 2 aromatic carbocycles. The average Bonchev–Trinajstić information content (AvgIpc) is 3.41. The number of aromatic nitrogens is 1. The lowest BCUT2D eigenvalue weighted by Gasteiger charge is -2.35. The Morgan fingerprint density at radius 2 is 1.61 bits per heavy atom. The molecule has 8 nitrogen and oxygen atoms in total. The highest BCUT2D eigenvalue weighted by molar-refractivity contribution is 5.92. The van der Waals surface area contributed by atoms with Crippen molar-refractivity contribution >= 4 is 11.8 Å². The molecule has 2 aliphatic rings. The van der Waals surface area contributed by atoms with E-state index in [1.54, 1.807) is 34.1 Å². The highest BCUT2D eigenvalue weighted by Gasteiger charge is 2.27. The van der Waals surface area contributed by atoms with E-state index in [1.807, 2.05) is 0 Å². The Morgan fingerprint density at radius 3 is 2.32 bits per heavy atom. The highest BCUT2D eigenvalue weighted by Crippen LogP contribution is 2.30. The smallest absolute Gasteiger partial charge is 0.275 e. The SMILES string of the molecule is O=C(CC(c1ccc(F)cc1)c1cccc(F)c1)N1CCN(Cc2nc(C(=O)N3CCOCC3)co2)CC1. The van der Waals surface area contributed by atoms with Crippen LogP contribution in [0.2, 0.25) is 0 Å². The molecule has 3 aromatic rings. The standard InChI is InChI=1S/C28H30F2N4O4/c29-22-6-4-20(5-7-22)24(21-2-1-3-23(30)16-21)17-27(35)33-10-8-32(9-11-33)18-26-31-25(19-38-26)28(36)34-12-14-37-15-13-34/h1-7,16,19,24H,8-15,17-18H2. The quantitative estimate of drug-likeness (QED) is 0.472. The first-order valence-electron chi connectivity index (χ1n) is 12.8. The zero-order valence-corrected chi connectivity index (χ0v) is 21.0. The fraction of sp³-hybridized carbons (Fsp3) is 0.393. The second-order valence-electron chi connectivity index (χ2n) is 9.55. The van der Waals surface area contributed by atoms with Gasteiger partial charge in [-0.25, -0.2) is 13.8 Å². The van der Waals surface area contributed by atoms with E-state index in [0.29, 0.717) is 76.2 Å². The molecule has 2 saturated heterocycles. The Bertz CT molecular complexity index is 1250. The number of ether oxygens (including phenoxy) is 1. The number of halogens is 2. The Balaban J connectivity index is 1.17. The number of carbonyl (C=O) groups is 2. The summed E-state index contributed by atoms with van der Waals surface area (Å²) in [6.45, 7) is 4.87. The monoisotopic (exact) mass is 524 g/mol. The van der Waals surface area contributed by atoms with Crippen molar-refractivity contribution in [1.82, 2.24) is 19.7 Å². The van der Waals surface area contributed by atoms with Crippen molar-refractivity contribution in [2.45, 2.75) is 18.9 Å². The zero-order valence-electron chi connectivity index (χ0n) is 21.0. The number of hydrogen-bond donors (Lipinski definition) is 0. The lowest BCUT2D eigenvalue weighted by molar-refractivity contribution is -0.133. The minimum Gasteiger partial charge on any atom is -0.447 e. The summed E-state index contributed by atoms with van der Waals surface area (Å²) >= 11 is 0. The fourth-order valence-corrected chi connectivity index (χ4v) is 4.91. The van der Waals surface area contributed by atoms with E-state index in [2.05, 4.69) is 9.88 Å². The number of rotatable bonds is 7. The van der Waals surface area contributed by atoms with Crippen molar-refractivity contribution in [1.29, 1.82) is 0 Å². The van der Waals surface area contributed by atoms with Crippen LogP contribution in [-0.2, 0) is 16.1 Å². The molecule has 200 valence electrons. The minimum absolute atomic E-state index is 0.0437. The van der Waals surface area contributed by atoms with Crippen LogP contribution in [0.1, 0.15) is 39.8 Å². The second kappa shape index (κ2) is 11.8. The first-order valence-corrected chi connectivity index (χ1v) is 12.8. The van der Waals surface area contributed by atoms with Crippen molar-refractivity contribution in [2.24, 2.45) is 0 Å². The van der Waals surface area contributed by atoms with Gasteiger partial charge in [-0.1, -0.05) is 24.3 Å². The summed E-state index contributed by atoms with van der Waals surface area (Å²) in [5.41, 5.74) is 1.73. The van der Waals surface area contributed by atoms with E-state index < -0.39 is 0 Å². The highest BCUT2D eigenvalue weighted by atomic mass is 19.1. The van der Waals surface area contributed by atoms with Crippen LogP contribution in [0.4, 0.5) is 8.78 Å². The normalized spacial score (nSPS) is 17.4. The number of piperazine rings is 1. The van der Waals surface area contributed by atoms with Crippen LogP contribution in [-0.4, -0.2) is 84.0 Å². The van der Waals surface area contributed by atoms with Crippen LogP contribution >= 0.6 is 0 Å². The molecule has 2 aliphatic heterocycles. The summed E-state index contributed by atoms with van der Waals surface area (Å²) in [6, 6.07) is 12.2. The third kappa shape index (κ3) is 6.25. The summed E-state index contributed by atoms with van der Waals surface area (Å²) in [6.07, 6.45) is 1.55. The van der Waals surface area contributed by atoms with Gasteiger partial charge in [0.25, 0.3) is 5.91 Å².